The van der Waals surface area contributed by atoms with E-state index in [1.54, 1.807) is 9.80 Å². The molecule has 0 aliphatic heterocycles. The van der Waals surface area contributed by atoms with Gasteiger partial charge in [-0.25, -0.2) is 0 Å². The molecule has 0 heterocycles. The Morgan fingerprint density at radius 2 is 0.559 bits per heavy atom. The zero-order chi connectivity index (χ0) is 25.3. The maximum atomic E-state index is 2.39. The summed E-state index contributed by atoms with van der Waals surface area (Å²) in [6.45, 7) is 4.62. The van der Waals surface area contributed by atoms with E-state index in [-0.39, 0.29) is 0 Å². The average Bonchev–Trinajstić information content (AvgIpc) is 2.81. The molecule has 2 unspecified atom stereocenters. The standard InChI is InChI=1S/C32H68N2/c1-7-9-11-13-15-17-19-21-23-25-27-31(33(3)4)29-30-32(34(5)6)28-26-24-22-20-18-16-14-12-10-8-2/h31-32H,7-30H2,1-6H3/p+2. The largest absolute Gasteiger partial charge is 0.337 e. The van der Waals surface area contributed by atoms with Crippen LogP contribution in [0.5, 0.6) is 0 Å². The minimum absolute atomic E-state index is 0.864. The Hall–Kier alpha value is -0.0800. The predicted octanol–water partition coefficient (Wildman–Crippen LogP) is 7.41. The smallest absolute Gasteiger partial charge is 0.0872 e. The van der Waals surface area contributed by atoms with Gasteiger partial charge in [0.2, 0.25) is 0 Å². The molecule has 0 spiro atoms. The van der Waals surface area contributed by atoms with Crippen molar-refractivity contribution in [3.8, 4) is 0 Å². The van der Waals surface area contributed by atoms with Gasteiger partial charge in [0, 0.05) is 12.8 Å². The number of hydrogen-bond acceptors (Lipinski definition) is 0. The Morgan fingerprint density at radius 1 is 0.324 bits per heavy atom. The van der Waals surface area contributed by atoms with Crippen LogP contribution in [-0.4, -0.2) is 40.3 Å². The fourth-order valence-corrected chi connectivity index (χ4v) is 5.60. The zero-order valence-electron chi connectivity index (χ0n) is 25.1. The molecule has 2 nitrogen and oxygen atoms in total. The first kappa shape index (κ1) is 33.9. The van der Waals surface area contributed by atoms with Crippen molar-refractivity contribution in [3.63, 3.8) is 0 Å². The predicted molar refractivity (Wildman–Crippen MR) is 155 cm³/mol. The number of unbranched alkanes of at least 4 members (excludes halogenated alkanes) is 18. The minimum Gasteiger partial charge on any atom is -0.337 e. The van der Waals surface area contributed by atoms with Crippen LogP contribution in [0.25, 0.3) is 0 Å². The van der Waals surface area contributed by atoms with Gasteiger partial charge in [-0.3, -0.25) is 0 Å². The van der Waals surface area contributed by atoms with Crippen molar-refractivity contribution in [2.24, 2.45) is 0 Å². The van der Waals surface area contributed by atoms with Crippen LogP contribution in [0.2, 0.25) is 0 Å². The monoisotopic (exact) mass is 483 g/mol. The molecule has 0 bridgehead atoms. The van der Waals surface area contributed by atoms with Crippen LogP contribution in [0.4, 0.5) is 0 Å². The van der Waals surface area contributed by atoms with Gasteiger partial charge in [-0.15, -0.1) is 0 Å². The summed E-state index contributed by atoms with van der Waals surface area (Å²) in [4.78, 5) is 3.37. The van der Waals surface area contributed by atoms with E-state index in [4.69, 9.17) is 0 Å². The summed E-state index contributed by atoms with van der Waals surface area (Å²) in [7, 11) is 9.56. The molecule has 34 heavy (non-hydrogen) atoms. The van der Waals surface area contributed by atoms with E-state index in [1.807, 2.05) is 0 Å². The Bertz CT molecular complexity index is 343. The first-order valence-electron chi connectivity index (χ1n) is 16.1. The van der Waals surface area contributed by atoms with Crippen molar-refractivity contribution in [1.82, 2.24) is 0 Å². The molecule has 0 aromatic carbocycles. The summed E-state index contributed by atoms with van der Waals surface area (Å²) in [6, 6.07) is 1.73. The van der Waals surface area contributed by atoms with Gasteiger partial charge in [0.25, 0.3) is 0 Å². The molecule has 206 valence electrons. The Labute approximate surface area is 218 Å². The van der Waals surface area contributed by atoms with Crippen molar-refractivity contribution < 1.29 is 9.80 Å². The normalized spacial score (nSPS) is 13.8. The summed E-state index contributed by atoms with van der Waals surface area (Å²) in [5, 5.41) is 0. The molecule has 2 heteroatoms. The van der Waals surface area contributed by atoms with Gasteiger partial charge < -0.3 is 9.80 Å². The third kappa shape index (κ3) is 22.4. The third-order valence-electron chi connectivity index (χ3n) is 8.31. The van der Waals surface area contributed by atoms with Crippen molar-refractivity contribution in [3.05, 3.63) is 0 Å². The molecule has 0 aromatic heterocycles. The molecular formula is C32H70N2+2. The number of nitrogens with one attached hydrogen (secondary N) is 2. The van der Waals surface area contributed by atoms with Crippen LogP contribution in [0.3, 0.4) is 0 Å². The van der Waals surface area contributed by atoms with E-state index in [0.717, 1.165) is 12.1 Å². The van der Waals surface area contributed by atoms with Crippen LogP contribution in [0.15, 0.2) is 0 Å². The van der Waals surface area contributed by atoms with Crippen molar-refractivity contribution in [1.29, 1.82) is 0 Å². The highest BCUT2D eigenvalue weighted by atomic mass is 15.1. The Kier molecular flexibility index (Phi) is 25.9. The number of rotatable bonds is 27. The summed E-state index contributed by atoms with van der Waals surface area (Å²) in [5.74, 6) is 0. The summed E-state index contributed by atoms with van der Waals surface area (Å²) in [6.07, 6.45) is 34.7. The highest BCUT2D eigenvalue weighted by Crippen LogP contribution is 2.15. The third-order valence-corrected chi connectivity index (χ3v) is 8.31. The molecule has 2 N–H and O–H groups in total. The van der Waals surface area contributed by atoms with Gasteiger partial charge in [0.1, 0.15) is 0 Å². The van der Waals surface area contributed by atoms with Gasteiger partial charge in [-0.2, -0.15) is 0 Å². The molecule has 0 amide bonds. The van der Waals surface area contributed by atoms with Gasteiger partial charge in [0.15, 0.2) is 0 Å². The summed E-state index contributed by atoms with van der Waals surface area (Å²) in [5.41, 5.74) is 0. The molecular weight excluding hydrogens is 412 g/mol. The maximum absolute atomic E-state index is 2.39. The van der Waals surface area contributed by atoms with E-state index in [2.05, 4.69) is 42.0 Å². The number of quaternary nitrogens is 2. The van der Waals surface area contributed by atoms with Gasteiger partial charge in [-0.05, 0) is 25.7 Å². The van der Waals surface area contributed by atoms with E-state index in [1.165, 1.54) is 154 Å². The van der Waals surface area contributed by atoms with E-state index >= 15 is 0 Å². The first-order valence-corrected chi connectivity index (χ1v) is 16.1. The molecule has 0 radical (unpaired) electrons. The average molecular weight is 483 g/mol. The molecule has 0 aromatic rings. The second-order valence-corrected chi connectivity index (χ2v) is 12.1. The van der Waals surface area contributed by atoms with Crippen molar-refractivity contribution in [2.75, 3.05) is 28.2 Å². The lowest BCUT2D eigenvalue weighted by atomic mass is 9.95. The highest BCUT2D eigenvalue weighted by molar-refractivity contribution is 4.63. The second-order valence-electron chi connectivity index (χ2n) is 12.1. The first-order chi connectivity index (χ1) is 16.5. The van der Waals surface area contributed by atoms with Crippen molar-refractivity contribution in [2.45, 2.75) is 180 Å². The zero-order valence-corrected chi connectivity index (χ0v) is 25.1. The molecule has 0 aliphatic carbocycles. The summed E-state index contributed by atoms with van der Waals surface area (Å²) >= 11 is 0. The number of hydrogen-bond donors (Lipinski definition) is 2. The molecule has 0 aliphatic rings. The van der Waals surface area contributed by atoms with Gasteiger partial charge in [-0.1, -0.05) is 129 Å². The van der Waals surface area contributed by atoms with E-state index in [9.17, 15) is 0 Å². The minimum atomic E-state index is 0.864. The van der Waals surface area contributed by atoms with E-state index < -0.39 is 0 Å². The van der Waals surface area contributed by atoms with E-state index in [0.29, 0.717) is 0 Å². The molecule has 0 fully saturated rings. The van der Waals surface area contributed by atoms with Crippen LogP contribution in [-0.2, 0) is 0 Å². The maximum Gasteiger partial charge on any atom is 0.0872 e. The molecule has 0 saturated heterocycles. The van der Waals surface area contributed by atoms with Gasteiger partial charge in [0.05, 0.1) is 40.3 Å². The second kappa shape index (κ2) is 26.0. The molecule has 2 atom stereocenters. The highest BCUT2D eigenvalue weighted by Gasteiger charge is 2.20. The van der Waals surface area contributed by atoms with Crippen LogP contribution in [0.1, 0.15) is 168 Å². The van der Waals surface area contributed by atoms with Crippen molar-refractivity contribution >= 4 is 0 Å². The summed E-state index contributed by atoms with van der Waals surface area (Å²) < 4.78 is 0. The fraction of sp³-hybridized carbons (Fsp3) is 1.00. The lowest BCUT2D eigenvalue weighted by Crippen LogP contribution is -3.11. The molecule has 0 saturated carbocycles. The van der Waals surface area contributed by atoms with Crippen LogP contribution < -0.4 is 9.80 Å². The van der Waals surface area contributed by atoms with Gasteiger partial charge >= 0.3 is 0 Å². The quantitative estimate of drug-likeness (QED) is 0.113. The lowest BCUT2D eigenvalue weighted by Gasteiger charge is -2.26. The Morgan fingerprint density at radius 3 is 0.794 bits per heavy atom. The van der Waals surface area contributed by atoms with Crippen LogP contribution in [0, 0.1) is 0 Å². The SMILES string of the molecule is CCCCCCCCCCCCC(CCC(CCCCCCCCCCCC)[NH+](C)C)[NH+](C)C. The Balaban J connectivity index is 3.87. The van der Waals surface area contributed by atoms with Crippen LogP contribution >= 0.6 is 0 Å². The topological polar surface area (TPSA) is 8.88 Å². The molecule has 0 rings (SSSR count). The fourth-order valence-electron chi connectivity index (χ4n) is 5.60. The lowest BCUT2D eigenvalue weighted by molar-refractivity contribution is -0.895.